The summed E-state index contributed by atoms with van der Waals surface area (Å²) in [6.45, 7) is -0.494. The van der Waals surface area contributed by atoms with E-state index < -0.39 is 71.0 Å². The monoisotopic (exact) mass is 892 g/mol. The molecule has 0 aliphatic carbocycles. The van der Waals surface area contributed by atoms with Gasteiger partial charge in [-0.25, -0.2) is 26.3 Å². The number of halogens is 9. The van der Waals surface area contributed by atoms with Gasteiger partial charge in [0.25, 0.3) is 0 Å². The first-order valence-electron chi connectivity index (χ1n) is 18.3. The predicted molar refractivity (Wildman–Crippen MR) is 210 cm³/mol. The number of hydrogen-bond donors (Lipinski definition) is 4. The maximum absolute atomic E-state index is 13.8. The zero-order valence-electron chi connectivity index (χ0n) is 31.3. The lowest BCUT2D eigenvalue weighted by Gasteiger charge is -2.21. The average Bonchev–Trinajstić information content (AvgIpc) is 3.75. The lowest BCUT2D eigenvalue weighted by atomic mass is 9.86. The Morgan fingerprint density at radius 1 is 0.459 bits per heavy atom. The molecule has 0 unspecified atom stereocenters. The van der Waals surface area contributed by atoms with Crippen LogP contribution in [0.25, 0.3) is 21.8 Å². The number of para-hydroxylation sites is 2. The fraction of sp³-hybridized carbons (Fsp3) is 0.190. The van der Waals surface area contributed by atoms with Crippen LogP contribution in [-0.2, 0) is 51.4 Å². The molecule has 0 aliphatic rings. The molecule has 0 spiro atoms. The number of nitrogens with one attached hydrogen (secondary N) is 4. The van der Waals surface area contributed by atoms with Crippen LogP contribution in [0, 0.1) is 0 Å². The fourth-order valence-electron chi connectivity index (χ4n) is 7.25. The maximum Gasteiger partial charge on any atom is 0.416 e. The minimum Gasteiger partial charge on any atom is -0.357 e. The Labute approximate surface area is 342 Å². The molecular formula is C42H33F9N4O4S2. The number of H-pyrrole nitrogens is 2. The van der Waals surface area contributed by atoms with Gasteiger partial charge in [-0.3, -0.25) is 0 Å². The first-order chi connectivity index (χ1) is 28.6. The molecule has 0 amide bonds. The van der Waals surface area contributed by atoms with Gasteiger partial charge >= 0.3 is 18.5 Å². The van der Waals surface area contributed by atoms with Crippen molar-refractivity contribution in [1.29, 1.82) is 0 Å². The minimum absolute atomic E-state index is 0.00116. The van der Waals surface area contributed by atoms with Gasteiger partial charge < -0.3 is 9.97 Å². The molecule has 61 heavy (non-hydrogen) atoms. The van der Waals surface area contributed by atoms with Crippen molar-refractivity contribution in [2.45, 2.75) is 47.1 Å². The summed E-state index contributed by atoms with van der Waals surface area (Å²) in [6, 6.07) is 24.4. The summed E-state index contributed by atoms with van der Waals surface area (Å²) in [7, 11) is -8.61. The van der Waals surface area contributed by atoms with Crippen LogP contribution in [0.15, 0.2) is 131 Å². The molecule has 0 saturated carbocycles. The lowest BCUT2D eigenvalue weighted by Crippen LogP contribution is -2.27. The Morgan fingerprint density at radius 2 is 0.787 bits per heavy atom. The fourth-order valence-corrected chi connectivity index (χ4v) is 9.31. The maximum atomic E-state index is 13.8. The topological polar surface area (TPSA) is 124 Å². The van der Waals surface area contributed by atoms with E-state index in [0.717, 1.165) is 36.4 Å². The molecule has 8 nitrogen and oxygen atoms in total. The summed E-state index contributed by atoms with van der Waals surface area (Å²) >= 11 is 0. The van der Waals surface area contributed by atoms with Crippen molar-refractivity contribution >= 4 is 41.9 Å². The van der Waals surface area contributed by atoms with Crippen LogP contribution in [0.5, 0.6) is 0 Å². The Balaban J connectivity index is 1.28. The molecule has 4 N–H and O–H groups in total. The van der Waals surface area contributed by atoms with E-state index in [1.165, 1.54) is 12.1 Å². The van der Waals surface area contributed by atoms with Gasteiger partial charge in [0, 0.05) is 46.3 Å². The Hall–Kier alpha value is -5.63. The van der Waals surface area contributed by atoms with Crippen molar-refractivity contribution in [2.24, 2.45) is 0 Å². The van der Waals surface area contributed by atoms with Crippen molar-refractivity contribution in [3.05, 3.63) is 166 Å². The number of aromatic nitrogens is 2. The molecule has 5 aromatic carbocycles. The van der Waals surface area contributed by atoms with E-state index in [-0.39, 0.29) is 25.9 Å². The van der Waals surface area contributed by atoms with E-state index in [0.29, 0.717) is 74.1 Å². The van der Waals surface area contributed by atoms with E-state index in [1.54, 1.807) is 48.5 Å². The summed E-state index contributed by atoms with van der Waals surface area (Å²) < 4.78 is 178. The average molecular weight is 893 g/mol. The molecule has 0 radical (unpaired) electrons. The number of sulfonamides is 2. The van der Waals surface area contributed by atoms with Gasteiger partial charge in [-0.2, -0.15) is 39.5 Å². The number of aromatic amines is 2. The second-order valence-corrected chi connectivity index (χ2v) is 17.6. The summed E-state index contributed by atoms with van der Waals surface area (Å²) in [4.78, 5) is 5.95. The van der Waals surface area contributed by atoms with Crippen LogP contribution in [0.3, 0.4) is 0 Å². The molecule has 2 heterocycles. The summed E-state index contributed by atoms with van der Waals surface area (Å²) in [5, 5.41) is 1.29. The third kappa shape index (κ3) is 9.34. The van der Waals surface area contributed by atoms with Crippen LogP contribution in [0.4, 0.5) is 39.5 Å². The molecule has 7 rings (SSSR count). The summed E-state index contributed by atoms with van der Waals surface area (Å²) in [5.74, 6) is -0.912. The van der Waals surface area contributed by atoms with Crippen molar-refractivity contribution in [2.75, 3.05) is 13.1 Å². The van der Waals surface area contributed by atoms with Gasteiger partial charge in [0.1, 0.15) is 0 Å². The lowest BCUT2D eigenvalue weighted by molar-refractivity contribution is -0.138. The molecule has 0 atom stereocenters. The van der Waals surface area contributed by atoms with Gasteiger partial charge in [0.2, 0.25) is 20.0 Å². The van der Waals surface area contributed by atoms with Crippen LogP contribution < -0.4 is 9.44 Å². The number of alkyl halides is 9. The Morgan fingerprint density at radius 3 is 1.13 bits per heavy atom. The number of fused-ring (bicyclic) bond motifs is 2. The second-order valence-electron chi connectivity index (χ2n) is 14.0. The molecule has 7 aromatic rings. The van der Waals surface area contributed by atoms with Crippen molar-refractivity contribution < 1.29 is 56.3 Å². The largest absolute Gasteiger partial charge is 0.416 e. The molecule has 2 aromatic heterocycles. The number of rotatable bonds is 13. The van der Waals surface area contributed by atoms with E-state index in [1.807, 2.05) is 0 Å². The highest BCUT2D eigenvalue weighted by atomic mass is 32.2. The normalized spacial score (nSPS) is 13.1. The quantitative estimate of drug-likeness (QED) is 0.0861. The number of benzene rings is 5. The molecule has 19 heteroatoms. The highest BCUT2D eigenvalue weighted by molar-refractivity contribution is 7.89. The SMILES string of the molecule is O=S(=O)(NCCc1c(C(c2ccc(C(F)(F)F)cc2)c2[nH]c3ccccc3c2CCNS(=O)(=O)c2ccc(C(F)(F)F)cc2)[nH]c2ccccc12)c1ccc(C(F)(F)F)cc1. The highest BCUT2D eigenvalue weighted by Crippen LogP contribution is 2.41. The third-order valence-electron chi connectivity index (χ3n) is 10.2. The Kier molecular flexibility index (Phi) is 11.6. The molecule has 0 saturated heterocycles. The third-order valence-corrected chi connectivity index (χ3v) is 13.1. The van der Waals surface area contributed by atoms with Crippen LogP contribution >= 0.6 is 0 Å². The first kappa shape index (κ1) is 43.5. The summed E-state index contributed by atoms with van der Waals surface area (Å²) in [5.41, 5.74) is 0.596. The Bertz CT molecular complexity index is 2730. The van der Waals surface area contributed by atoms with Gasteiger partial charge in [-0.1, -0.05) is 48.5 Å². The molecule has 0 fully saturated rings. The van der Waals surface area contributed by atoms with Crippen LogP contribution in [-0.4, -0.2) is 39.9 Å². The smallest absolute Gasteiger partial charge is 0.357 e. The standard InChI is InChI=1S/C42H33F9N4O4S2/c43-40(44,45)26-11-9-25(10-12-26)37(38-33(31-5-1-3-7-35(31)54-38)21-23-52-60(56,57)29-17-13-27(14-18-29)41(46,47)48)39-34(32-6-2-4-8-36(32)55-39)22-24-53-61(58,59)30-19-15-28(16-20-30)42(49,50)51/h1-20,37,52-55H,21-24H2. The van der Waals surface area contributed by atoms with Gasteiger partial charge in [0.05, 0.1) is 32.4 Å². The van der Waals surface area contributed by atoms with Gasteiger partial charge in [-0.05, 0) is 102 Å². The molecule has 320 valence electrons. The zero-order valence-corrected chi connectivity index (χ0v) is 32.9. The number of hydrogen-bond acceptors (Lipinski definition) is 4. The minimum atomic E-state index is -4.68. The van der Waals surface area contributed by atoms with Crippen molar-refractivity contribution in [3.63, 3.8) is 0 Å². The second kappa shape index (κ2) is 16.3. The van der Waals surface area contributed by atoms with Crippen molar-refractivity contribution in [3.8, 4) is 0 Å². The van der Waals surface area contributed by atoms with Crippen molar-refractivity contribution in [1.82, 2.24) is 19.4 Å². The molecular weight excluding hydrogens is 860 g/mol. The zero-order chi connectivity index (χ0) is 44.0. The highest BCUT2D eigenvalue weighted by Gasteiger charge is 2.34. The molecule has 0 aliphatic heterocycles. The van der Waals surface area contributed by atoms with Gasteiger partial charge in [-0.15, -0.1) is 0 Å². The molecule has 0 bridgehead atoms. The van der Waals surface area contributed by atoms with E-state index >= 15 is 0 Å². The van der Waals surface area contributed by atoms with Gasteiger partial charge in [0.15, 0.2) is 0 Å². The van der Waals surface area contributed by atoms with E-state index in [2.05, 4.69) is 19.4 Å². The van der Waals surface area contributed by atoms with Crippen LogP contribution in [0.2, 0.25) is 0 Å². The van der Waals surface area contributed by atoms with E-state index in [9.17, 15) is 56.3 Å². The van der Waals surface area contributed by atoms with Crippen LogP contribution in [0.1, 0.15) is 50.7 Å². The predicted octanol–water partition coefficient (Wildman–Crippen LogP) is 9.93. The van der Waals surface area contributed by atoms with E-state index in [4.69, 9.17) is 0 Å². The first-order valence-corrected chi connectivity index (χ1v) is 21.3. The summed E-state index contributed by atoms with van der Waals surface area (Å²) in [6.07, 6.45) is -14.0.